The molecule has 66 valence electrons. The number of hydrogen-bond acceptors (Lipinski definition) is 3. The molecule has 0 unspecified atom stereocenters. The van der Waals surface area contributed by atoms with Crippen molar-refractivity contribution >= 4 is 23.4 Å². The zero-order valence-corrected chi connectivity index (χ0v) is 8.69. The molecule has 0 aromatic carbocycles. The second kappa shape index (κ2) is 4.67. The molecule has 0 atom stereocenters. The molecule has 1 aromatic heterocycles. The molecule has 0 bridgehead atoms. The quantitative estimate of drug-likeness (QED) is 0.705. The molecule has 0 radical (unpaired) electrons. The van der Waals surface area contributed by atoms with E-state index in [-0.39, 0.29) is 0 Å². The van der Waals surface area contributed by atoms with Crippen LogP contribution in [-0.2, 0) is 0 Å². The van der Waals surface area contributed by atoms with Crippen LogP contribution in [0.2, 0.25) is 5.15 Å². The number of halogens is 1. The maximum Gasteiger partial charge on any atom is 0.161 e. The van der Waals surface area contributed by atoms with Crippen molar-refractivity contribution in [1.82, 2.24) is 9.97 Å². The SMILES string of the molecule is CC(C)CSc1nccnc1Cl. The normalized spacial score (nSPS) is 10.7. The molecule has 0 saturated heterocycles. The van der Waals surface area contributed by atoms with Gasteiger partial charge in [-0.1, -0.05) is 25.4 Å². The topological polar surface area (TPSA) is 25.8 Å². The van der Waals surface area contributed by atoms with E-state index in [1.54, 1.807) is 24.2 Å². The molecule has 0 aliphatic carbocycles. The largest absolute Gasteiger partial charge is 0.245 e. The van der Waals surface area contributed by atoms with Crippen molar-refractivity contribution in [3.8, 4) is 0 Å². The third-order valence-corrected chi connectivity index (χ3v) is 2.97. The van der Waals surface area contributed by atoms with Gasteiger partial charge in [0.2, 0.25) is 0 Å². The average Bonchev–Trinajstić information content (AvgIpc) is 2.03. The summed E-state index contributed by atoms with van der Waals surface area (Å²) in [5.74, 6) is 1.67. The first kappa shape index (κ1) is 9.81. The lowest BCUT2D eigenvalue weighted by molar-refractivity contribution is 0.749. The smallest absolute Gasteiger partial charge is 0.161 e. The van der Waals surface area contributed by atoms with Crippen molar-refractivity contribution in [3.63, 3.8) is 0 Å². The van der Waals surface area contributed by atoms with Crippen molar-refractivity contribution in [3.05, 3.63) is 17.5 Å². The average molecular weight is 203 g/mol. The van der Waals surface area contributed by atoms with E-state index < -0.39 is 0 Å². The molecule has 0 fully saturated rings. The van der Waals surface area contributed by atoms with Gasteiger partial charge in [-0.2, -0.15) is 0 Å². The summed E-state index contributed by atoms with van der Waals surface area (Å²) in [4.78, 5) is 8.06. The maximum atomic E-state index is 5.81. The minimum Gasteiger partial charge on any atom is -0.245 e. The van der Waals surface area contributed by atoms with E-state index in [0.717, 1.165) is 10.8 Å². The highest BCUT2D eigenvalue weighted by molar-refractivity contribution is 7.99. The van der Waals surface area contributed by atoms with Crippen molar-refractivity contribution in [2.24, 2.45) is 5.92 Å². The standard InChI is InChI=1S/C8H11ClN2S/c1-6(2)5-12-8-7(9)10-3-4-11-8/h3-4,6H,5H2,1-2H3. The molecule has 0 aliphatic heterocycles. The van der Waals surface area contributed by atoms with Crippen LogP contribution in [0.3, 0.4) is 0 Å². The first-order chi connectivity index (χ1) is 5.70. The Morgan fingerprint density at radius 1 is 1.42 bits per heavy atom. The van der Waals surface area contributed by atoms with Crippen molar-refractivity contribution < 1.29 is 0 Å². The van der Waals surface area contributed by atoms with E-state index in [9.17, 15) is 0 Å². The third-order valence-electron chi connectivity index (χ3n) is 1.18. The van der Waals surface area contributed by atoms with Gasteiger partial charge in [0.1, 0.15) is 5.03 Å². The number of nitrogens with zero attached hydrogens (tertiary/aromatic N) is 2. The van der Waals surface area contributed by atoms with E-state index >= 15 is 0 Å². The molecule has 4 heteroatoms. The molecule has 1 aromatic rings. The van der Waals surface area contributed by atoms with Gasteiger partial charge >= 0.3 is 0 Å². The summed E-state index contributed by atoms with van der Waals surface area (Å²) < 4.78 is 0. The van der Waals surface area contributed by atoms with Gasteiger partial charge in [0.25, 0.3) is 0 Å². The summed E-state index contributed by atoms with van der Waals surface area (Å²) >= 11 is 7.46. The van der Waals surface area contributed by atoms with Crippen LogP contribution in [0.25, 0.3) is 0 Å². The van der Waals surface area contributed by atoms with Gasteiger partial charge in [0, 0.05) is 18.1 Å². The predicted molar refractivity (Wildman–Crippen MR) is 52.6 cm³/mol. The van der Waals surface area contributed by atoms with Crippen molar-refractivity contribution in [2.75, 3.05) is 5.75 Å². The molecule has 0 saturated carbocycles. The van der Waals surface area contributed by atoms with Crippen LogP contribution in [0.5, 0.6) is 0 Å². The summed E-state index contributed by atoms with van der Waals surface area (Å²) in [5, 5.41) is 1.33. The lowest BCUT2D eigenvalue weighted by Crippen LogP contribution is -1.92. The Balaban J connectivity index is 2.57. The Morgan fingerprint density at radius 2 is 2.08 bits per heavy atom. The molecule has 0 aliphatic rings. The van der Waals surface area contributed by atoms with Gasteiger partial charge < -0.3 is 0 Å². The number of aromatic nitrogens is 2. The zero-order chi connectivity index (χ0) is 8.97. The summed E-state index contributed by atoms with van der Waals surface area (Å²) in [6.45, 7) is 4.33. The summed E-state index contributed by atoms with van der Waals surface area (Å²) in [5.41, 5.74) is 0. The van der Waals surface area contributed by atoms with Gasteiger partial charge in [0.05, 0.1) is 0 Å². The highest BCUT2D eigenvalue weighted by atomic mass is 35.5. The fourth-order valence-electron chi connectivity index (χ4n) is 0.651. The van der Waals surface area contributed by atoms with Crippen LogP contribution >= 0.6 is 23.4 Å². The highest BCUT2D eigenvalue weighted by Gasteiger charge is 2.03. The molecule has 1 heterocycles. The molecule has 0 spiro atoms. The van der Waals surface area contributed by atoms with Crippen LogP contribution in [0.15, 0.2) is 17.4 Å². The zero-order valence-electron chi connectivity index (χ0n) is 7.12. The molecule has 12 heavy (non-hydrogen) atoms. The molecule has 0 amide bonds. The Labute approximate surface area is 81.8 Å². The highest BCUT2D eigenvalue weighted by Crippen LogP contribution is 2.23. The number of thioether (sulfide) groups is 1. The first-order valence-corrected chi connectivity index (χ1v) is 5.16. The van der Waals surface area contributed by atoms with Crippen LogP contribution < -0.4 is 0 Å². The fourth-order valence-corrected chi connectivity index (χ4v) is 1.72. The van der Waals surface area contributed by atoms with Crippen LogP contribution in [0.4, 0.5) is 0 Å². The lowest BCUT2D eigenvalue weighted by Gasteiger charge is -2.03. The number of hydrogen-bond donors (Lipinski definition) is 0. The van der Waals surface area contributed by atoms with E-state index in [1.807, 2.05) is 0 Å². The third kappa shape index (κ3) is 2.99. The maximum absolute atomic E-state index is 5.81. The van der Waals surface area contributed by atoms with Gasteiger partial charge in [-0.3, -0.25) is 0 Å². The van der Waals surface area contributed by atoms with E-state index in [0.29, 0.717) is 11.1 Å². The van der Waals surface area contributed by atoms with Gasteiger partial charge in [-0.05, 0) is 5.92 Å². The Bertz CT molecular complexity index is 253. The Kier molecular flexibility index (Phi) is 3.82. The van der Waals surface area contributed by atoms with E-state index in [1.165, 1.54) is 0 Å². The molecule has 1 rings (SSSR count). The molecular formula is C8H11ClN2S. The molecule has 0 N–H and O–H groups in total. The summed E-state index contributed by atoms with van der Waals surface area (Å²) in [7, 11) is 0. The van der Waals surface area contributed by atoms with E-state index in [2.05, 4.69) is 23.8 Å². The Hall–Kier alpha value is -0.280. The van der Waals surface area contributed by atoms with Gasteiger partial charge in [-0.15, -0.1) is 11.8 Å². The molecule has 2 nitrogen and oxygen atoms in total. The monoisotopic (exact) mass is 202 g/mol. The van der Waals surface area contributed by atoms with E-state index in [4.69, 9.17) is 11.6 Å². The van der Waals surface area contributed by atoms with Gasteiger partial charge in [0.15, 0.2) is 5.15 Å². The molecular weight excluding hydrogens is 192 g/mol. The van der Waals surface area contributed by atoms with Crippen molar-refractivity contribution in [2.45, 2.75) is 18.9 Å². The predicted octanol–water partition coefficient (Wildman–Crippen LogP) is 2.88. The Morgan fingerprint density at radius 3 is 2.67 bits per heavy atom. The first-order valence-electron chi connectivity index (χ1n) is 3.79. The minimum absolute atomic E-state index is 0.503. The fraction of sp³-hybridized carbons (Fsp3) is 0.500. The minimum atomic E-state index is 0.503. The van der Waals surface area contributed by atoms with Crippen LogP contribution in [0.1, 0.15) is 13.8 Å². The van der Waals surface area contributed by atoms with Gasteiger partial charge in [-0.25, -0.2) is 9.97 Å². The number of rotatable bonds is 3. The summed E-state index contributed by atoms with van der Waals surface area (Å²) in [6, 6.07) is 0. The van der Waals surface area contributed by atoms with Crippen molar-refractivity contribution in [1.29, 1.82) is 0 Å². The summed E-state index contributed by atoms with van der Waals surface area (Å²) in [6.07, 6.45) is 3.26. The second-order valence-electron chi connectivity index (χ2n) is 2.86. The lowest BCUT2D eigenvalue weighted by atomic mass is 10.3. The second-order valence-corrected chi connectivity index (χ2v) is 4.22. The van der Waals surface area contributed by atoms with Crippen LogP contribution in [0, 0.1) is 5.92 Å². The van der Waals surface area contributed by atoms with Crippen LogP contribution in [-0.4, -0.2) is 15.7 Å².